The first-order chi connectivity index (χ1) is 12.1. The van der Waals surface area contributed by atoms with Crippen LogP contribution in [0.25, 0.3) is 5.69 Å². The molecule has 1 heterocycles. The van der Waals surface area contributed by atoms with Crippen LogP contribution in [0.15, 0.2) is 53.7 Å². The molecular weight excluding hydrogens is 341 g/mol. The predicted molar refractivity (Wildman–Crippen MR) is 92.9 cm³/mol. The van der Waals surface area contributed by atoms with Crippen molar-refractivity contribution in [2.24, 2.45) is 0 Å². The summed E-state index contributed by atoms with van der Waals surface area (Å²) in [5.41, 5.74) is 2.24. The number of rotatable bonds is 6. The zero-order chi connectivity index (χ0) is 17.6. The molecule has 0 aliphatic carbocycles. The molecule has 0 saturated heterocycles. The summed E-state index contributed by atoms with van der Waals surface area (Å²) in [7, 11) is 0. The van der Waals surface area contributed by atoms with Crippen LogP contribution in [-0.2, 0) is 11.3 Å². The Labute approximate surface area is 148 Å². The Balaban J connectivity index is 1.55. The fourth-order valence-corrected chi connectivity index (χ4v) is 2.92. The molecule has 0 aliphatic rings. The summed E-state index contributed by atoms with van der Waals surface area (Å²) in [6, 6.07) is 14.2. The molecule has 6 nitrogen and oxygen atoms in total. The third-order valence-corrected chi connectivity index (χ3v) is 4.41. The number of para-hydroxylation sites is 1. The largest absolute Gasteiger partial charge is 0.351 e. The van der Waals surface area contributed by atoms with Crippen molar-refractivity contribution in [2.75, 3.05) is 5.75 Å². The molecule has 8 heteroatoms. The highest BCUT2D eigenvalue weighted by molar-refractivity contribution is 7.99. The number of amides is 1. The summed E-state index contributed by atoms with van der Waals surface area (Å²) < 4.78 is 14.8. The number of hydrogen-bond acceptors (Lipinski definition) is 5. The second-order valence-corrected chi connectivity index (χ2v) is 6.30. The Morgan fingerprint density at radius 3 is 2.80 bits per heavy atom. The zero-order valence-electron chi connectivity index (χ0n) is 13.5. The normalized spacial score (nSPS) is 10.6. The summed E-state index contributed by atoms with van der Waals surface area (Å²) >= 11 is 1.25. The zero-order valence-corrected chi connectivity index (χ0v) is 14.3. The quantitative estimate of drug-likeness (QED) is 0.686. The monoisotopic (exact) mass is 357 g/mol. The van der Waals surface area contributed by atoms with Gasteiger partial charge < -0.3 is 5.32 Å². The second kappa shape index (κ2) is 7.89. The van der Waals surface area contributed by atoms with Gasteiger partial charge in [-0.1, -0.05) is 42.1 Å². The smallest absolute Gasteiger partial charge is 0.230 e. The van der Waals surface area contributed by atoms with Crippen molar-refractivity contribution in [1.29, 1.82) is 0 Å². The van der Waals surface area contributed by atoms with Crippen LogP contribution < -0.4 is 5.32 Å². The highest BCUT2D eigenvalue weighted by Crippen LogP contribution is 2.17. The maximum Gasteiger partial charge on any atom is 0.230 e. The Kier molecular flexibility index (Phi) is 5.39. The van der Waals surface area contributed by atoms with Crippen molar-refractivity contribution >= 4 is 17.7 Å². The van der Waals surface area contributed by atoms with Crippen molar-refractivity contribution in [1.82, 2.24) is 25.5 Å². The number of halogens is 1. The van der Waals surface area contributed by atoms with Crippen molar-refractivity contribution in [3.63, 3.8) is 0 Å². The fourth-order valence-electron chi connectivity index (χ4n) is 2.20. The molecule has 0 spiro atoms. The molecule has 1 N–H and O–H groups in total. The van der Waals surface area contributed by atoms with Crippen LogP contribution in [-0.4, -0.2) is 31.9 Å². The number of aromatic nitrogens is 4. The molecule has 0 radical (unpaired) electrons. The van der Waals surface area contributed by atoms with Gasteiger partial charge in [0.15, 0.2) is 0 Å². The number of carbonyl (C=O) groups excluding carboxylic acids is 1. The van der Waals surface area contributed by atoms with Crippen LogP contribution in [0.3, 0.4) is 0 Å². The summed E-state index contributed by atoms with van der Waals surface area (Å²) in [4.78, 5) is 12.0. The topological polar surface area (TPSA) is 72.7 Å². The van der Waals surface area contributed by atoms with Crippen molar-refractivity contribution < 1.29 is 9.18 Å². The van der Waals surface area contributed by atoms with Gasteiger partial charge in [-0.25, -0.2) is 4.39 Å². The van der Waals surface area contributed by atoms with E-state index in [9.17, 15) is 9.18 Å². The molecule has 0 aliphatic heterocycles. The number of carbonyl (C=O) groups is 1. The minimum Gasteiger partial charge on any atom is -0.351 e. The maximum absolute atomic E-state index is 13.2. The number of tetrazole rings is 1. The highest BCUT2D eigenvalue weighted by Gasteiger charge is 2.11. The Hall–Kier alpha value is -2.74. The van der Waals surface area contributed by atoms with Crippen molar-refractivity contribution in [3.8, 4) is 5.69 Å². The molecule has 3 aromatic rings. The standard InChI is InChI=1S/C17H16FN5OS/c1-12-9-13(7-8-15(12)18)10-19-16(24)11-25-17-20-21-22-23(17)14-5-3-2-4-6-14/h2-9H,10-11H2,1H3,(H,19,24). The molecule has 0 saturated carbocycles. The van der Waals surface area contributed by atoms with Crippen LogP contribution in [0.4, 0.5) is 4.39 Å². The van der Waals surface area contributed by atoms with Gasteiger partial charge in [0.2, 0.25) is 11.1 Å². The average molecular weight is 357 g/mol. The van der Waals surface area contributed by atoms with Gasteiger partial charge in [0, 0.05) is 6.54 Å². The lowest BCUT2D eigenvalue weighted by atomic mass is 10.1. The maximum atomic E-state index is 13.2. The first-order valence-electron chi connectivity index (χ1n) is 7.62. The first-order valence-corrected chi connectivity index (χ1v) is 8.60. The van der Waals surface area contributed by atoms with Gasteiger partial charge in [0.25, 0.3) is 0 Å². The lowest BCUT2D eigenvalue weighted by molar-refractivity contribution is -0.118. The number of nitrogens with one attached hydrogen (secondary N) is 1. The molecule has 0 fully saturated rings. The second-order valence-electron chi connectivity index (χ2n) is 5.36. The Morgan fingerprint density at radius 1 is 1.24 bits per heavy atom. The predicted octanol–water partition coefficient (Wildman–Crippen LogP) is 2.52. The summed E-state index contributed by atoms with van der Waals surface area (Å²) in [5.74, 6) is -0.208. The van der Waals surface area contributed by atoms with E-state index < -0.39 is 0 Å². The minimum absolute atomic E-state index is 0.144. The van der Waals surface area contributed by atoms with Gasteiger partial charge in [-0.15, -0.1) is 5.10 Å². The van der Waals surface area contributed by atoms with E-state index >= 15 is 0 Å². The Morgan fingerprint density at radius 2 is 2.04 bits per heavy atom. The molecule has 0 unspecified atom stereocenters. The number of hydrogen-bond donors (Lipinski definition) is 1. The number of aryl methyl sites for hydroxylation is 1. The van der Waals surface area contributed by atoms with E-state index in [-0.39, 0.29) is 17.5 Å². The average Bonchev–Trinajstić information content (AvgIpc) is 3.10. The van der Waals surface area contributed by atoms with Crippen LogP contribution in [0, 0.1) is 12.7 Å². The molecular formula is C17H16FN5OS. The summed E-state index contributed by atoms with van der Waals surface area (Å²) in [5, 5.41) is 14.9. The lowest BCUT2D eigenvalue weighted by Crippen LogP contribution is -2.24. The molecule has 1 amide bonds. The van der Waals surface area contributed by atoms with Gasteiger partial charge in [0.05, 0.1) is 11.4 Å². The molecule has 0 atom stereocenters. The van der Waals surface area contributed by atoms with E-state index in [1.54, 1.807) is 23.7 Å². The van der Waals surface area contributed by atoms with E-state index in [1.165, 1.54) is 17.8 Å². The molecule has 0 bridgehead atoms. The third kappa shape index (κ3) is 4.42. The minimum atomic E-state index is -0.251. The molecule has 3 rings (SSSR count). The van der Waals surface area contributed by atoms with Crippen LogP contribution >= 0.6 is 11.8 Å². The highest BCUT2D eigenvalue weighted by atomic mass is 32.2. The summed E-state index contributed by atoms with van der Waals surface area (Å²) in [6.07, 6.45) is 0. The molecule has 128 valence electrons. The molecule has 1 aromatic heterocycles. The van der Waals surface area contributed by atoms with Gasteiger partial charge in [-0.05, 0) is 46.7 Å². The van der Waals surface area contributed by atoms with Crippen LogP contribution in [0.5, 0.6) is 0 Å². The van der Waals surface area contributed by atoms with E-state index in [2.05, 4.69) is 20.8 Å². The van der Waals surface area contributed by atoms with Crippen molar-refractivity contribution in [2.45, 2.75) is 18.6 Å². The van der Waals surface area contributed by atoms with Gasteiger partial charge >= 0.3 is 0 Å². The number of benzene rings is 2. The van der Waals surface area contributed by atoms with Gasteiger partial charge in [-0.2, -0.15) is 4.68 Å². The molecule has 2 aromatic carbocycles. The third-order valence-electron chi connectivity index (χ3n) is 3.49. The van der Waals surface area contributed by atoms with Crippen LogP contribution in [0.1, 0.15) is 11.1 Å². The molecule has 25 heavy (non-hydrogen) atoms. The SMILES string of the molecule is Cc1cc(CNC(=O)CSc2nnnn2-c2ccccc2)ccc1F. The van der Waals surface area contributed by atoms with E-state index in [1.807, 2.05) is 30.3 Å². The van der Waals surface area contributed by atoms with E-state index in [0.717, 1.165) is 11.3 Å². The lowest BCUT2D eigenvalue weighted by Gasteiger charge is -2.07. The van der Waals surface area contributed by atoms with Crippen molar-refractivity contribution in [3.05, 3.63) is 65.5 Å². The number of nitrogens with zero attached hydrogens (tertiary/aromatic N) is 4. The number of thioether (sulfide) groups is 1. The van der Waals surface area contributed by atoms with Gasteiger partial charge in [-0.3, -0.25) is 4.79 Å². The van der Waals surface area contributed by atoms with Gasteiger partial charge in [0.1, 0.15) is 5.82 Å². The fraction of sp³-hybridized carbons (Fsp3) is 0.176. The Bertz CT molecular complexity index is 868. The van der Waals surface area contributed by atoms with Crippen LogP contribution in [0.2, 0.25) is 0 Å². The first kappa shape index (κ1) is 17.1. The van der Waals surface area contributed by atoms with E-state index in [4.69, 9.17) is 0 Å². The van der Waals surface area contributed by atoms with E-state index in [0.29, 0.717) is 17.3 Å². The summed E-state index contributed by atoms with van der Waals surface area (Å²) in [6.45, 7) is 2.05.